The van der Waals surface area contributed by atoms with E-state index in [2.05, 4.69) is 39.1 Å². The van der Waals surface area contributed by atoms with Crippen molar-refractivity contribution in [3.63, 3.8) is 0 Å². The molecule has 2 heterocycles. The number of benzene rings is 1. The van der Waals surface area contributed by atoms with Gasteiger partial charge in [-0.05, 0) is 24.6 Å². The smallest absolute Gasteiger partial charge is 0.193 e. The van der Waals surface area contributed by atoms with Crippen LogP contribution in [-0.4, -0.2) is 60.7 Å². The fourth-order valence-corrected chi connectivity index (χ4v) is 3.48. The Morgan fingerprint density at radius 3 is 2.55 bits per heavy atom. The van der Waals surface area contributed by atoms with Crippen LogP contribution < -0.4 is 5.32 Å². The molecular weight excluding hydrogens is 484 g/mol. The van der Waals surface area contributed by atoms with E-state index in [0.29, 0.717) is 6.54 Å². The normalized spacial score (nSPS) is 15.9. The lowest BCUT2D eigenvalue weighted by Gasteiger charge is -2.37. The first kappa shape index (κ1) is 23.6. The van der Waals surface area contributed by atoms with Gasteiger partial charge in [-0.2, -0.15) is 0 Å². The minimum absolute atomic E-state index is 0. The van der Waals surface area contributed by atoms with Crippen LogP contribution in [0.4, 0.5) is 4.39 Å². The van der Waals surface area contributed by atoms with Crippen molar-refractivity contribution >= 4 is 29.9 Å². The second-order valence-electron chi connectivity index (χ2n) is 7.99. The summed E-state index contributed by atoms with van der Waals surface area (Å²) in [6.45, 7) is 11.3. The molecule has 1 aliphatic rings. The summed E-state index contributed by atoms with van der Waals surface area (Å²) >= 11 is 0. The summed E-state index contributed by atoms with van der Waals surface area (Å²) in [5.41, 5.74) is 1.75. The number of halogens is 2. The van der Waals surface area contributed by atoms with Gasteiger partial charge in [-0.3, -0.25) is 9.89 Å². The summed E-state index contributed by atoms with van der Waals surface area (Å²) in [6, 6.07) is 8.80. The molecule has 0 atom stereocenters. The third kappa shape index (κ3) is 6.40. The number of guanidine groups is 1. The average Bonchev–Trinajstić information content (AvgIpc) is 3.08. The second kappa shape index (κ2) is 10.4. The zero-order chi connectivity index (χ0) is 20.1. The van der Waals surface area contributed by atoms with Crippen LogP contribution in [0, 0.1) is 12.7 Å². The molecule has 160 valence electrons. The van der Waals surface area contributed by atoms with Crippen LogP contribution in [-0.2, 0) is 12.0 Å². The van der Waals surface area contributed by atoms with Crippen molar-refractivity contribution < 1.29 is 8.91 Å². The number of hydrogen-bond donors (Lipinski definition) is 1. The Morgan fingerprint density at radius 1 is 1.24 bits per heavy atom. The molecule has 0 amide bonds. The average molecular weight is 515 g/mol. The Kier molecular flexibility index (Phi) is 8.45. The summed E-state index contributed by atoms with van der Waals surface area (Å²) in [7, 11) is 1.81. The molecule has 0 bridgehead atoms. The number of aryl methyl sites for hydroxylation is 1. The molecule has 1 N–H and O–H groups in total. The molecule has 3 rings (SSSR count). The van der Waals surface area contributed by atoms with Crippen LogP contribution in [0.1, 0.15) is 30.9 Å². The SMILES string of the molecule is CN=C(NCC(C)(C)c1cccc(F)c1)N1CCN(Cc2cc(C)on2)CC1.I. The zero-order valence-electron chi connectivity index (χ0n) is 17.6. The molecule has 1 saturated heterocycles. The molecule has 6 nitrogen and oxygen atoms in total. The van der Waals surface area contributed by atoms with Crippen LogP contribution in [0.15, 0.2) is 39.8 Å². The Labute approximate surface area is 189 Å². The van der Waals surface area contributed by atoms with Crippen molar-refractivity contribution in [2.75, 3.05) is 39.8 Å². The molecule has 8 heteroatoms. The summed E-state index contributed by atoms with van der Waals surface area (Å²) < 4.78 is 18.7. The lowest BCUT2D eigenvalue weighted by Crippen LogP contribution is -2.53. The highest BCUT2D eigenvalue weighted by atomic mass is 127. The summed E-state index contributed by atoms with van der Waals surface area (Å²) in [6.07, 6.45) is 0. The number of aromatic nitrogens is 1. The predicted octanol–water partition coefficient (Wildman–Crippen LogP) is 3.41. The molecule has 1 aromatic heterocycles. The van der Waals surface area contributed by atoms with E-state index in [4.69, 9.17) is 4.52 Å². The van der Waals surface area contributed by atoms with Gasteiger partial charge in [0, 0.05) is 57.8 Å². The van der Waals surface area contributed by atoms with E-state index in [1.807, 2.05) is 26.1 Å². The van der Waals surface area contributed by atoms with Crippen molar-refractivity contribution in [1.29, 1.82) is 0 Å². The lowest BCUT2D eigenvalue weighted by atomic mass is 9.84. The number of rotatable bonds is 5. The third-order valence-electron chi connectivity index (χ3n) is 5.24. The van der Waals surface area contributed by atoms with Gasteiger partial charge in [0.15, 0.2) is 5.96 Å². The Hall–Kier alpha value is -1.68. The fraction of sp³-hybridized carbons (Fsp3) is 0.524. The first-order valence-electron chi connectivity index (χ1n) is 9.73. The molecule has 29 heavy (non-hydrogen) atoms. The summed E-state index contributed by atoms with van der Waals surface area (Å²) in [5, 5.41) is 7.55. The Morgan fingerprint density at radius 2 is 1.97 bits per heavy atom. The van der Waals surface area contributed by atoms with Gasteiger partial charge in [0.05, 0.1) is 5.69 Å². The molecular formula is C21H31FIN5O. The van der Waals surface area contributed by atoms with Crippen LogP contribution in [0.3, 0.4) is 0 Å². The number of aliphatic imine (C=N–C) groups is 1. The molecule has 1 aliphatic heterocycles. The minimum Gasteiger partial charge on any atom is -0.361 e. The van der Waals surface area contributed by atoms with E-state index in [1.165, 1.54) is 6.07 Å². The molecule has 0 radical (unpaired) electrons. The van der Waals surface area contributed by atoms with Gasteiger partial charge in [0.1, 0.15) is 11.6 Å². The molecule has 0 spiro atoms. The Bertz CT molecular complexity index is 815. The van der Waals surface area contributed by atoms with Crippen molar-refractivity contribution in [3.8, 4) is 0 Å². The largest absolute Gasteiger partial charge is 0.361 e. The van der Waals surface area contributed by atoms with Crippen LogP contribution in [0.2, 0.25) is 0 Å². The molecule has 1 aromatic carbocycles. The van der Waals surface area contributed by atoms with Crippen LogP contribution in [0.25, 0.3) is 0 Å². The van der Waals surface area contributed by atoms with Gasteiger partial charge in [-0.15, -0.1) is 24.0 Å². The molecule has 2 aromatic rings. The van der Waals surface area contributed by atoms with Gasteiger partial charge < -0.3 is 14.7 Å². The maximum Gasteiger partial charge on any atom is 0.193 e. The fourth-order valence-electron chi connectivity index (χ4n) is 3.48. The molecule has 0 saturated carbocycles. The molecule has 1 fully saturated rings. The van der Waals surface area contributed by atoms with Crippen LogP contribution >= 0.6 is 24.0 Å². The van der Waals surface area contributed by atoms with E-state index < -0.39 is 0 Å². The lowest BCUT2D eigenvalue weighted by molar-refractivity contribution is 0.168. The van der Waals surface area contributed by atoms with Crippen molar-refractivity contribution in [2.24, 2.45) is 4.99 Å². The first-order valence-corrected chi connectivity index (χ1v) is 9.73. The van der Waals surface area contributed by atoms with Crippen LogP contribution in [0.5, 0.6) is 0 Å². The van der Waals surface area contributed by atoms with Crippen molar-refractivity contribution in [1.82, 2.24) is 20.3 Å². The number of nitrogens with one attached hydrogen (secondary N) is 1. The topological polar surface area (TPSA) is 56.9 Å². The number of hydrogen-bond acceptors (Lipinski definition) is 4. The summed E-state index contributed by atoms with van der Waals surface area (Å²) in [5.74, 6) is 1.54. The third-order valence-corrected chi connectivity index (χ3v) is 5.24. The maximum absolute atomic E-state index is 13.6. The van der Waals surface area contributed by atoms with E-state index >= 15 is 0 Å². The second-order valence-corrected chi connectivity index (χ2v) is 7.99. The zero-order valence-corrected chi connectivity index (χ0v) is 19.9. The monoisotopic (exact) mass is 515 g/mol. The van der Waals surface area contributed by atoms with Crippen molar-refractivity contribution in [2.45, 2.75) is 32.7 Å². The van der Waals surface area contributed by atoms with E-state index in [0.717, 1.165) is 55.7 Å². The standard InChI is InChI=1S/C21H30FN5O.HI/c1-16-12-19(25-28-16)14-26-8-10-27(11-9-26)20(23-4)24-15-21(2,3)17-6-5-7-18(22)13-17;/h5-7,12-13H,8-11,14-15H2,1-4H3,(H,23,24);1H. The maximum atomic E-state index is 13.6. The quantitative estimate of drug-likeness (QED) is 0.376. The highest BCUT2D eigenvalue weighted by molar-refractivity contribution is 14.0. The molecule has 0 aliphatic carbocycles. The Balaban J connectivity index is 0.00000300. The minimum atomic E-state index is -0.204. The van der Waals surface area contributed by atoms with Gasteiger partial charge in [-0.1, -0.05) is 31.1 Å². The number of nitrogens with zero attached hydrogens (tertiary/aromatic N) is 4. The van der Waals surface area contributed by atoms with Crippen molar-refractivity contribution in [3.05, 3.63) is 53.2 Å². The first-order chi connectivity index (χ1) is 13.4. The highest BCUT2D eigenvalue weighted by Crippen LogP contribution is 2.23. The highest BCUT2D eigenvalue weighted by Gasteiger charge is 2.24. The van der Waals surface area contributed by atoms with E-state index in [-0.39, 0.29) is 35.2 Å². The number of piperazine rings is 1. The summed E-state index contributed by atoms with van der Waals surface area (Å²) in [4.78, 5) is 9.09. The van der Waals surface area contributed by atoms with Gasteiger partial charge in [0.2, 0.25) is 0 Å². The van der Waals surface area contributed by atoms with Gasteiger partial charge >= 0.3 is 0 Å². The van der Waals surface area contributed by atoms with Gasteiger partial charge in [-0.25, -0.2) is 4.39 Å². The van der Waals surface area contributed by atoms with Gasteiger partial charge in [0.25, 0.3) is 0 Å². The molecule has 0 unspecified atom stereocenters. The van der Waals surface area contributed by atoms with E-state index in [1.54, 1.807) is 12.1 Å². The predicted molar refractivity (Wildman–Crippen MR) is 124 cm³/mol. The van der Waals surface area contributed by atoms with E-state index in [9.17, 15) is 4.39 Å².